The van der Waals surface area contributed by atoms with Crippen LogP contribution >= 0.6 is 0 Å². The molecule has 0 aliphatic carbocycles. The fourth-order valence-electron chi connectivity index (χ4n) is 2.40. The summed E-state index contributed by atoms with van der Waals surface area (Å²) in [5.74, 6) is 0. The quantitative estimate of drug-likeness (QED) is 0.777. The molecular formula is C13H22N2. The van der Waals surface area contributed by atoms with Crippen LogP contribution in [0, 0.1) is 0 Å². The van der Waals surface area contributed by atoms with Gasteiger partial charge in [-0.2, -0.15) is 0 Å². The number of hydrogen-bond acceptors (Lipinski definition) is 2. The Hall–Kier alpha value is -0.890. The molecule has 0 saturated heterocycles. The predicted molar refractivity (Wildman–Crippen MR) is 64.8 cm³/mol. The number of nitrogens with two attached hydrogens (primary N) is 1. The van der Waals surface area contributed by atoms with Crippen molar-refractivity contribution in [1.29, 1.82) is 0 Å². The van der Waals surface area contributed by atoms with Gasteiger partial charge in [-0.1, -0.05) is 26.7 Å². The largest absolute Gasteiger partial charge is 0.330 e. The van der Waals surface area contributed by atoms with Crippen molar-refractivity contribution in [2.75, 3.05) is 6.54 Å². The summed E-state index contributed by atoms with van der Waals surface area (Å²) in [6.07, 6.45) is 8.43. The molecule has 0 fully saturated rings. The minimum Gasteiger partial charge on any atom is -0.330 e. The van der Waals surface area contributed by atoms with Gasteiger partial charge < -0.3 is 5.73 Å². The summed E-state index contributed by atoms with van der Waals surface area (Å²) in [6, 6.07) is 4.22. The fourth-order valence-corrected chi connectivity index (χ4v) is 2.40. The SMILES string of the molecule is CCCC(CN)(CCC)c1ccncc1. The van der Waals surface area contributed by atoms with Gasteiger partial charge in [0.1, 0.15) is 0 Å². The molecule has 1 aromatic heterocycles. The van der Waals surface area contributed by atoms with Crippen molar-refractivity contribution in [2.45, 2.75) is 44.9 Å². The van der Waals surface area contributed by atoms with Crippen LogP contribution in [0.2, 0.25) is 0 Å². The van der Waals surface area contributed by atoms with E-state index in [1.54, 1.807) is 0 Å². The molecule has 15 heavy (non-hydrogen) atoms. The Morgan fingerprint density at radius 1 is 1.13 bits per heavy atom. The molecule has 0 radical (unpaired) electrons. The van der Waals surface area contributed by atoms with Crippen LogP contribution in [0.1, 0.15) is 45.1 Å². The third-order valence-electron chi connectivity index (χ3n) is 3.14. The minimum absolute atomic E-state index is 0.173. The number of aromatic nitrogens is 1. The zero-order chi connectivity index (χ0) is 11.1. The molecular weight excluding hydrogens is 184 g/mol. The molecule has 2 N–H and O–H groups in total. The average Bonchev–Trinajstić information content (AvgIpc) is 2.30. The highest BCUT2D eigenvalue weighted by molar-refractivity contribution is 5.23. The van der Waals surface area contributed by atoms with E-state index in [0.717, 1.165) is 6.54 Å². The first-order chi connectivity index (χ1) is 7.29. The monoisotopic (exact) mass is 206 g/mol. The highest BCUT2D eigenvalue weighted by Crippen LogP contribution is 2.32. The van der Waals surface area contributed by atoms with E-state index in [9.17, 15) is 0 Å². The molecule has 0 aliphatic rings. The van der Waals surface area contributed by atoms with Crippen LogP contribution in [0.3, 0.4) is 0 Å². The summed E-state index contributed by atoms with van der Waals surface area (Å²) < 4.78 is 0. The van der Waals surface area contributed by atoms with Gasteiger partial charge in [0.25, 0.3) is 0 Å². The second-order valence-corrected chi connectivity index (χ2v) is 4.22. The Labute approximate surface area is 92.9 Å². The van der Waals surface area contributed by atoms with Gasteiger partial charge in [-0.25, -0.2) is 0 Å². The highest BCUT2D eigenvalue weighted by Gasteiger charge is 2.28. The molecule has 0 atom stereocenters. The van der Waals surface area contributed by atoms with Crippen molar-refractivity contribution >= 4 is 0 Å². The van der Waals surface area contributed by atoms with Crippen molar-refractivity contribution in [3.63, 3.8) is 0 Å². The third kappa shape index (κ3) is 2.78. The lowest BCUT2D eigenvalue weighted by atomic mass is 9.74. The Morgan fingerprint density at radius 2 is 1.67 bits per heavy atom. The molecule has 1 heterocycles. The van der Waals surface area contributed by atoms with E-state index in [4.69, 9.17) is 5.73 Å². The van der Waals surface area contributed by atoms with Gasteiger partial charge in [-0.3, -0.25) is 4.98 Å². The zero-order valence-electron chi connectivity index (χ0n) is 9.87. The molecule has 0 spiro atoms. The topological polar surface area (TPSA) is 38.9 Å². The van der Waals surface area contributed by atoms with Crippen molar-refractivity contribution < 1.29 is 0 Å². The summed E-state index contributed by atoms with van der Waals surface area (Å²) in [5, 5.41) is 0. The Morgan fingerprint density at radius 3 is 2.07 bits per heavy atom. The van der Waals surface area contributed by atoms with Crippen LogP contribution in [0.4, 0.5) is 0 Å². The third-order valence-corrected chi connectivity index (χ3v) is 3.14. The Bertz CT molecular complexity index is 263. The molecule has 1 rings (SSSR count). The molecule has 1 aromatic rings. The van der Waals surface area contributed by atoms with E-state index in [-0.39, 0.29) is 5.41 Å². The van der Waals surface area contributed by atoms with Crippen LogP contribution < -0.4 is 5.73 Å². The standard InChI is InChI=1S/C13H22N2/c1-3-7-13(11-14,8-4-2)12-5-9-15-10-6-12/h5-6,9-10H,3-4,7-8,11,14H2,1-2H3. The fraction of sp³-hybridized carbons (Fsp3) is 0.615. The minimum atomic E-state index is 0.173. The van der Waals surface area contributed by atoms with Crippen molar-refractivity contribution in [2.24, 2.45) is 5.73 Å². The maximum atomic E-state index is 5.99. The normalized spacial score (nSPS) is 11.7. The van der Waals surface area contributed by atoms with E-state index < -0.39 is 0 Å². The molecule has 0 bridgehead atoms. The Balaban J connectivity index is 2.97. The van der Waals surface area contributed by atoms with Gasteiger partial charge in [0.05, 0.1) is 0 Å². The van der Waals surface area contributed by atoms with Crippen LogP contribution in [-0.2, 0) is 5.41 Å². The lowest BCUT2D eigenvalue weighted by Crippen LogP contribution is -2.35. The molecule has 0 amide bonds. The average molecular weight is 206 g/mol. The van der Waals surface area contributed by atoms with Crippen LogP contribution in [0.5, 0.6) is 0 Å². The second kappa shape index (κ2) is 5.86. The molecule has 0 aromatic carbocycles. The second-order valence-electron chi connectivity index (χ2n) is 4.22. The number of pyridine rings is 1. The summed E-state index contributed by atoms with van der Waals surface area (Å²) in [5.41, 5.74) is 7.52. The van der Waals surface area contributed by atoms with E-state index >= 15 is 0 Å². The summed E-state index contributed by atoms with van der Waals surface area (Å²) >= 11 is 0. The van der Waals surface area contributed by atoms with Crippen molar-refractivity contribution in [1.82, 2.24) is 4.98 Å². The van der Waals surface area contributed by atoms with Crippen LogP contribution in [0.15, 0.2) is 24.5 Å². The number of rotatable bonds is 6. The lowest BCUT2D eigenvalue weighted by Gasteiger charge is -2.32. The Kier molecular flexibility index (Phi) is 4.76. The van der Waals surface area contributed by atoms with Gasteiger partial charge in [-0.05, 0) is 30.5 Å². The first-order valence-corrected chi connectivity index (χ1v) is 5.89. The maximum Gasteiger partial charge on any atom is 0.0270 e. The molecule has 84 valence electrons. The van der Waals surface area contributed by atoms with Crippen molar-refractivity contribution in [3.8, 4) is 0 Å². The van der Waals surface area contributed by atoms with Gasteiger partial charge >= 0.3 is 0 Å². The molecule has 0 aliphatic heterocycles. The number of hydrogen-bond donors (Lipinski definition) is 1. The van der Waals surface area contributed by atoms with Gasteiger partial charge in [0.15, 0.2) is 0 Å². The van der Waals surface area contributed by atoms with E-state index in [2.05, 4.69) is 31.0 Å². The van der Waals surface area contributed by atoms with Crippen LogP contribution in [-0.4, -0.2) is 11.5 Å². The maximum absolute atomic E-state index is 5.99. The predicted octanol–water partition coefficient (Wildman–Crippen LogP) is 2.88. The van der Waals surface area contributed by atoms with E-state index in [0.29, 0.717) is 0 Å². The summed E-state index contributed by atoms with van der Waals surface area (Å²) in [6.45, 7) is 5.18. The molecule has 2 heteroatoms. The summed E-state index contributed by atoms with van der Waals surface area (Å²) in [4.78, 5) is 4.07. The van der Waals surface area contributed by atoms with E-state index in [1.165, 1.54) is 31.2 Å². The zero-order valence-corrected chi connectivity index (χ0v) is 9.87. The van der Waals surface area contributed by atoms with Gasteiger partial charge in [0.2, 0.25) is 0 Å². The molecule has 0 saturated carbocycles. The first-order valence-electron chi connectivity index (χ1n) is 5.89. The van der Waals surface area contributed by atoms with Gasteiger partial charge in [0, 0.05) is 24.4 Å². The molecule has 0 unspecified atom stereocenters. The summed E-state index contributed by atoms with van der Waals surface area (Å²) in [7, 11) is 0. The first kappa shape index (κ1) is 12.2. The smallest absolute Gasteiger partial charge is 0.0270 e. The lowest BCUT2D eigenvalue weighted by molar-refractivity contribution is 0.365. The highest BCUT2D eigenvalue weighted by atomic mass is 14.6. The van der Waals surface area contributed by atoms with Gasteiger partial charge in [-0.15, -0.1) is 0 Å². The number of nitrogens with zero attached hydrogens (tertiary/aromatic N) is 1. The van der Waals surface area contributed by atoms with Crippen LogP contribution in [0.25, 0.3) is 0 Å². The molecule has 2 nitrogen and oxygen atoms in total. The van der Waals surface area contributed by atoms with E-state index in [1.807, 2.05) is 12.4 Å². The van der Waals surface area contributed by atoms with Crippen molar-refractivity contribution in [3.05, 3.63) is 30.1 Å².